The van der Waals surface area contributed by atoms with Gasteiger partial charge in [-0.05, 0) is 34.7 Å². The number of ether oxygens (including phenoxy) is 1. The second-order valence-electron chi connectivity index (χ2n) is 2.90. The van der Waals surface area contributed by atoms with E-state index in [2.05, 4.69) is 20.1 Å². The molecule has 0 N–H and O–H groups in total. The molecule has 0 saturated heterocycles. The van der Waals surface area contributed by atoms with Crippen LogP contribution in [0.2, 0.25) is 0 Å². The van der Waals surface area contributed by atoms with Crippen molar-refractivity contribution in [3.63, 3.8) is 0 Å². The first-order valence-corrected chi connectivity index (χ1v) is 7.40. The van der Waals surface area contributed by atoms with Gasteiger partial charge in [0.25, 0.3) is 0 Å². The summed E-state index contributed by atoms with van der Waals surface area (Å²) in [7, 11) is -4.40. The van der Waals surface area contributed by atoms with Crippen molar-refractivity contribution in [2.24, 2.45) is 0 Å². The Bertz CT molecular complexity index is 558. The number of hydrogen-bond acceptors (Lipinski definition) is 4. The van der Waals surface area contributed by atoms with Gasteiger partial charge in [0.05, 0.1) is 10.7 Å². The average Bonchev–Trinajstić information content (AvgIpc) is 2.20. The number of alkyl halides is 3. The molecule has 1 aromatic rings. The highest BCUT2D eigenvalue weighted by molar-refractivity contribution is 14.1. The molecule has 0 aliphatic heterocycles. The van der Waals surface area contributed by atoms with Crippen LogP contribution in [0, 0.1) is 3.57 Å². The number of methoxy groups -OCH3 is 1. The van der Waals surface area contributed by atoms with E-state index in [1.807, 2.05) is 0 Å². The lowest BCUT2D eigenvalue weighted by Gasteiger charge is -2.13. The molecular weight excluding hydrogens is 456 g/mol. The fourth-order valence-corrected chi connectivity index (χ4v) is 2.58. The summed E-state index contributed by atoms with van der Waals surface area (Å²) < 4.78 is 67.6. The fraction of sp³-hybridized carbons (Fsp3) is 0.250. The summed E-state index contributed by atoms with van der Waals surface area (Å²) in [6, 6.07) is 2.57. The molecule has 102 valence electrons. The summed E-state index contributed by atoms with van der Waals surface area (Å²) >= 11 is 4.63. The lowest BCUT2D eigenvalue weighted by molar-refractivity contribution is -0.0500. The lowest BCUT2D eigenvalue weighted by Crippen LogP contribution is -2.28. The first-order valence-electron chi connectivity index (χ1n) is 4.12. The quantitative estimate of drug-likeness (QED) is 0.394. The molecule has 4 nitrogen and oxygen atoms in total. The van der Waals surface area contributed by atoms with E-state index in [4.69, 9.17) is 4.74 Å². The minimum atomic E-state index is -5.70. The van der Waals surface area contributed by atoms with E-state index in [1.54, 1.807) is 22.6 Å². The second kappa shape index (κ2) is 5.41. The van der Waals surface area contributed by atoms with Gasteiger partial charge < -0.3 is 8.92 Å². The van der Waals surface area contributed by atoms with Gasteiger partial charge in [0.1, 0.15) is 5.75 Å². The minimum absolute atomic E-state index is 0.117. The third-order valence-electron chi connectivity index (χ3n) is 1.67. The van der Waals surface area contributed by atoms with Crippen LogP contribution in [0.1, 0.15) is 0 Å². The van der Waals surface area contributed by atoms with Crippen molar-refractivity contribution < 1.29 is 30.5 Å². The molecule has 0 radical (unpaired) electrons. The molecule has 1 aromatic carbocycles. The molecule has 0 bridgehead atoms. The third kappa shape index (κ3) is 3.41. The van der Waals surface area contributed by atoms with Gasteiger partial charge in [0.15, 0.2) is 5.75 Å². The van der Waals surface area contributed by atoms with Gasteiger partial charge in [-0.25, -0.2) is 0 Å². The van der Waals surface area contributed by atoms with Crippen molar-refractivity contribution in [1.29, 1.82) is 0 Å². The summed E-state index contributed by atoms with van der Waals surface area (Å²) in [6.45, 7) is 0. The van der Waals surface area contributed by atoms with Crippen LogP contribution in [0.15, 0.2) is 16.6 Å². The first-order chi connectivity index (χ1) is 8.08. The Hall–Kier alpha value is -0.230. The molecule has 0 unspecified atom stereocenters. The molecular formula is C8H5BrF3IO4S. The van der Waals surface area contributed by atoms with Crippen LogP contribution >= 0.6 is 38.5 Å². The fourth-order valence-electron chi connectivity index (χ4n) is 0.915. The monoisotopic (exact) mass is 460 g/mol. The highest BCUT2D eigenvalue weighted by Gasteiger charge is 2.48. The summed E-state index contributed by atoms with van der Waals surface area (Å²) in [5.41, 5.74) is -5.48. The van der Waals surface area contributed by atoms with Crippen molar-refractivity contribution in [2.75, 3.05) is 7.11 Å². The minimum Gasteiger partial charge on any atom is -0.495 e. The van der Waals surface area contributed by atoms with E-state index in [1.165, 1.54) is 13.2 Å². The van der Waals surface area contributed by atoms with E-state index in [0.717, 1.165) is 6.07 Å². The summed E-state index contributed by atoms with van der Waals surface area (Å²) in [5, 5.41) is 0. The second-order valence-corrected chi connectivity index (χ2v) is 6.44. The van der Waals surface area contributed by atoms with Crippen molar-refractivity contribution in [3.8, 4) is 11.5 Å². The van der Waals surface area contributed by atoms with Gasteiger partial charge in [0, 0.05) is 4.47 Å². The Balaban J connectivity index is 3.25. The zero-order chi connectivity index (χ0) is 14.1. The SMILES string of the molecule is COc1cc(Br)cc(OS(=O)(=O)C(F)(F)F)c1I. The summed E-state index contributed by atoms with van der Waals surface area (Å²) in [4.78, 5) is 0. The zero-order valence-corrected chi connectivity index (χ0v) is 13.1. The van der Waals surface area contributed by atoms with Crippen LogP contribution in [-0.4, -0.2) is 21.0 Å². The van der Waals surface area contributed by atoms with Gasteiger partial charge in [-0.15, -0.1) is 0 Å². The first kappa shape index (κ1) is 15.8. The molecule has 18 heavy (non-hydrogen) atoms. The number of hydrogen-bond donors (Lipinski definition) is 0. The van der Waals surface area contributed by atoms with Gasteiger partial charge in [-0.3, -0.25) is 0 Å². The molecule has 0 atom stereocenters. The smallest absolute Gasteiger partial charge is 0.495 e. The van der Waals surface area contributed by atoms with Gasteiger partial charge in [-0.2, -0.15) is 21.6 Å². The zero-order valence-electron chi connectivity index (χ0n) is 8.59. The Morgan fingerprint density at radius 2 is 1.78 bits per heavy atom. The number of rotatable bonds is 3. The van der Waals surface area contributed by atoms with E-state index in [0.29, 0.717) is 4.47 Å². The Labute approximate surface area is 123 Å². The van der Waals surface area contributed by atoms with Crippen LogP contribution < -0.4 is 8.92 Å². The van der Waals surface area contributed by atoms with Gasteiger partial charge in [-0.1, -0.05) is 15.9 Å². The van der Waals surface area contributed by atoms with Crippen molar-refractivity contribution in [1.82, 2.24) is 0 Å². The molecule has 1 rings (SSSR count). The predicted octanol–water partition coefficient (Wildman–Crippen LogP) is 3.29. The molecule has 0 aliphatic rings. The van der Waals surface area contributed by atoms with E-state index in [9.17, 15) is 21.6 Å². The van der Waals surface area contributed by atoms with Crippen molar-refractivity contribution in [2.45, 2.75) is 5.51 Å². The average molecular weight is 461 g/mol. The molecule has 0 spiro atoms. The van der Waals surface area contributed by atoms with Gasteiger partial charge >= 0.3 is 15.6 Å². The van der Waals surface area contributed by atoms with E-state index in [-0.39, 0.29) is 9.32 Å². The molecule has 0 heterocycles. The maximum absolute atomic E-state index is 12.2. The van der Waals surface area contributed by atoms with Crippen LogP contribution in [-0.2, 0) is 10.1 Å². The summed E-state index contributed by atoms with van der Waals surface area (Å²) in [5.74, 6) is -0.267. The maximum Gasteiger partial charge on any atom is 0.534 e. The molecule has 0 amide bonds. The molecule has 0 saturated carbocycles. The Morgan fingerprint density at radius 1 is 1.28 bits per heavy atom. The van der Waals surface area contributed by atoms with E-state index >= 15 is 0 Å². The standard InChI is InChI=1S/C8H5BrF3IO4S/c1-16-5-2-4(9)3-6(7(5)13)17-18(14,15)8(10,11)12/h2-3H,1H3. The summed E-state index contributed by atoms with van der Waals surface area (Å²) in [6.07, 6.45) is 0. The van der Waals surface area contributed by atoms with E-state index < -0.39 is 21.4 Å². The third-order valence-corrected chi connectivity index (χ3v) is 4.16. The topological polar surface area (TPSA) is 52.6 Å². The van der Waals surface area contributed by atoms with Crippen LogP contribution in [0.3, 0.4) is 0 Å². The van der Waals surface area contributed by atoms with Crippen LogP contribution in [0.25, 0.3) is 0 Å². The predicted molar refractivity (Wildman–Crippen MR) is 69.0 cm³/mol. The highest BCUT2D eigenvalue weighted by atomic mass is 127. The largest absolute Gasteiger partial charge is 0.534 e. The molecule has 0 aromatic heterocycles. The molecule has 0 fully saturated rings. The number of halogens is 5. The highest BCUT2D eigenvalue weighted by Crippen LogP contribution is 2.36. The van der Waals surface area contributed by atoms with Crippen molar-refractivity contribution >= 4 is 48.6 Å². The van der Waals surface area contributed by atoms with Crippen LogP contribution in [0.4, 0.5) is 13.2 Å². The normalized spacial score (nSPS) is 12.3. The Kier molecular flexibility index (Phi) is 4.76. The van der Waals surface area contributed by atoms with Crippen LogP contribution in [0.5, 0.6) is 11.5 Å². The lowest BCUT2D eigenvalue weighted by atomic mass is 10.3. The molecule has 0 aliphatic carbocycles. The number of benzene rings is 1. The molecule has 10 heteroatoms. The van der Waals surface area contributed by atoms with Crippen molar-refractivity contribution in [3.05, 3.63) is 20.2 Å². The maximum atomic E-state index is 12.2. The van der Waals surface area contributed by atoms with Gasteiger partial charge in [0.2, 0.25) is 0 Å². The Morgan fingerprint density at radius 3 is 2.22 bits per heavy atom.